The monoisotopic (exact) mass is 424 g/mol. The fourth-order valence-electron chi connectivity index (χ4n) is 4.22. The Morgan fingerprint density at radius 2 is 1.72 bits per heavy atom. The summed E-state index contributed by atoms with van der Waals surface area (Å²) in [7, 11) is 0. The summed E-state index contributed by atoms with van der Waals surface area (Å²) in [5.74, 6) is -0.571. The zero-order valence-corrected chi connectivity index (χ0v) is 18.3. The Balaban J connectivity index is 1.63. The molecule has 0 aliphatic heterocycles. The van der Waals surface area contributed by atoms with Gasteiger partial charge in [-0.25, -0.2) is 4.79 Å². The van der Waals surface area contributed by atoms with Crippen molar-refractivity contribution in [3.63, 3.8) is 0 Å². The van der Waals surface area contributed by atoms with Crippen LogP contribution in [0.15, 0.2) is 85.4 Å². The highest BCUT2D eigenvalue weighted by Gasteiger charge is 2.22. The fraction of sp³-hybridized carbons (Fsp3) is 0.179. The van der Waals surface area contributed by atoms with Gasteiger partial charge in [0.25, 0.3) is 0 Å². The Bertz CT molecular complexity index is 1220. The molecule has 0 aliphatic rings. The van der Waals surface area contributed by atoms with Crippen molar-refractivity contribution in [1.82, 2.24) is 9.88 Å². The first-order chi connectivity index (χ1) is 15.6. The van der Waals surface area contributed by atoms with Crippen LogP contribution in [0, 0.1) is 0 Å². The smallest absolute Gasteiger partial charge is 0.352 e. The maximum absolute atomic E-state index is 12.4. The van der Waals surface area contributed by atoms with Gasteiger partial charge in [0, 0.05) is 36.1 Å². The number of aromatic carboxylic acids is 1. The predicted octanol–water partition coefficient (Wildman–Crippen LogP) is 5.92. The zero-order chi connectivity index (χ0) is 22.5. The quantitative estimate of drug-likeness (QED) is 0.350. The fourth-order valence-corrected chi connectivity index (χ4v) is 4.22. The lowest BCUT2D eigenvalue weighted by molar-refractivity contribution is 0.0685. The Morgan fingerprint density at radius 1 is 1.03 bits per heavy atom. The summed E-state index contributed by atoms with van der Waals surface area (Å²) in [5, 5.41) is 14.6. The Labute approximate surface area is 188 Å². The minimum absolute atomic E-state index is 0.334. The molecule has 0 unspecified atom stereocenters. The van der Waals surface area contributed by atoms with Gasteiger partial charge in [-0.2, -0.15) is 0 Å². The number of para-hydroxylation sites is 1. The third kappa shape index (κ3) is 4.51. The van der Waals surface area contributed by atoms with E-state index in [0.29, 0.717) is 24.7 Å². The second kappa shape index (κ2) is 9.67. The summed E-state index contributed by atoms with van der Waals surface area (Å²) < 4.78 is 1.91. The normalized spacial score (nSPS) is 12.0. The number of hydrogen-bond donors (Lipinski definition) is 2. The molecule has 1 heterocycles. The molecule has 0 amide bonds. The molecule has 3 aromatic carbocycles. The van der Waals surface area contributed by atoms with E-state index in [-0.39, 0.29) is 0 Å². The Morgan fingerprint density at radius 3 is 2.41 bits per heavy atom. The summed E-state index contributed by atoms with van der Waals surface area (Å²) in [4.78, 5) is 12.4. The van der Waals surface area contributed by atoms with Crippen molar-refractivity contribution < 1.29 is 9.90 Å². The first-order valence-corrected chi connectivity index (χ1v) is 10.9. The number of hydrogen-bond acceptors (Lipinski definition) is 2. The Hall–Kier alpha value is -3.63. The second-order valence-corrected chi connectivity index (χ2v) is 8.12. The number of rotatable bonds is 9. The van der Waals surface area contributed by atoms with Crippen molar-refractivity contribution in [3.8, 4) is 0 Å². The summed E-state index contributed by atoms with van der Waals surface area (Å²) in [5.41, 5.74) is 5.47. The van der Waals surface area contributed by atoms with E-state index in [9.17, 15) is 9.90 Å². The van der Waals surface area contributed by atoms with Crippen LogP contribution in [0.4, 0.5) is 0 Å². The minimum atomic E-state index is -0.906. The number of nitrogens with one attached hydrogen (secondary N) is 1. The molecule has 1 aromatic heterocycles. The average Bonchev–Trinajstić information content (AvgIpc) is 3.13. The minimum Gasteiger partial charge on any atom is -0.477 e. The predicted molar refractivity (Wildman–Crippen MR) is 131 cm³/mol. The van der Waals surface area contributed by atoms with E-state index in [0.717, 1.165) is 34.1 Å². The van der Waals surface area contributed by atoms with Gasteiger partial charge in [0.1, 0.15) is 5.69 Å². The molecule has 4 nitrogen and oxygen atoms in total. The number of carboxylic acid groups (broad SMARTS) is 1. The van der Waals surface area contributed by atoms with Crippen LogP contribution in [0.1, 0.15) is 45.6 Å². The van der Waals surface area contributed by atoms with Crippen LogP contribution in [0.25, 0.3) is 17.0 Å². The van der Waals surface area contributed by atoms with Gasteiger partial charge in [0.15, 0.2) is 0 Å². The molecule has 0 bridgehead atoms. The van der Waals surface area contributed by atoms with Crippen molar-refractivity contribution in [2.45, 2.75) is 25.9 Å². The number of carboxylic acids is 1. The molecule has 4 rings (SSSR count). The van der Waals surface area contributed by atoms with E-state index in [1.807, 2.05) is 71.3 Å². The number of fused-ring (bicyclic) bond motifs is 1. The molecule has 4 aromatic rings. The van der Waals surface area contributed by atoms with Gasteiger partial charge in [-0.3, -0.25) is 0 Å². The van der Waals surface area contributed by atoms with Crippen LogP contribution in [0.2, 0.25) is 0 Å². The van der Waals surface area contributed by atoms with E-state index in [1.165, 1.54) is 5.56 Å². The molecule has 32 heavy (non-hydrogen) atoms. The van der Waals surface area contributed by atoms with Crippen LogP contribution < -0.4 is 5.32 Å². The van der Waals surface area contributed by atoms with Gasteiger partial charge in [-0.15, -0.1) is 0 Å². The molecule has 2 N–H and O–H groups in total. The van der Waals surface area contributed by atoms with Gasteiger partial charge in [0.05, 0.1) is 0 Å². The van der Waals surface area contributed by atoms with Gasteiger partial charge in [-0.1, -0.05) is 92.4 Å². The van der Waals surface area contributed by atoms with Crippen molar-refractivity contribution in [2.75, 3.05) is 6.54 Å². The highest BCUT2D eigenvalue weighted by Crippen LogP contribution is 2.28. The molecule has 1 atom stereocenters. The zero-order valence-electron chi connectivity index (χ0n) is 18.3. The summed E-state index contributed by atoms with van der Waals surface area (Å²) in [6.45, 7) is 7.74. The van der Waals surface area contributed by atoms with E-state index < -0.39 is 5.97 Å². The van der Waals surface area contributed by atoms with Crippen LogP contribution in [-0.4, -0.2) is 22.2 Å². The Kier molecular flexibility index (Phi) is 6.52. The van der Waals surface area contributed by atoms with Gasteiger partial charge < -0.3 is 15.0 Å². The first kappa shape index (κ1) is 21.6. The summed E-state index contributed by atoms with van der Waals surface area (Å²) in [6.07, 6.45) is 1.80. The third-order valence-corrected chi connectivity index (χ3v) is 5.96. The third-order valence-electron chi connectivity index (χ3n) is 5.96. The number of benzene rings is 3. The maximum Gasteiger partial charge on any atom is 0.352 e. The molecule has 4 heteroatoms. The molecule has 0 spiro atoms. The van der Waals surface area contributed by atoms with Gasteiger partial charge in [0.2, 0.25) is 0 Å². The second-order valence-electron chi connectivity index (χ2n) is 8.12. The standard InChI is InChI=1S/C28H28N2O2/c1-3-21-13-15-22(16-14-21)19-30-26-12-8-7-11-24(26)25(27(30)28(31)32)18-29-17-20(2)23-9-5-4-6-10-23/h3-16,20,29H,1,17-19H2,2H3,(H,31,32)/t20-/m1/s1. The number of carbonyl (C=O) groups is 1. The van der Waals surface area contributed by atoms with Crippen LogP contribution in [0.3, 0.4) is 0 Å². The van der Waals surface area contributed by atoms with Crippen molar-refractivity contribution in [3.05, 3.63) is 113 Å². The van der Waals surface area contributed by atoms with Crippen molar-refractivity contribution in [1.29, 1.82) is 0 Å². The highest BCUT2D eigenvalue weighted by molar-refractivity contribution is 5.98. The maximum atomic E-state index is 12.4. The van der Waals surface area contributed by atoms with Crippen LogP contribution >= 0.6 is 0 Å². The van der Waals surface area contributed by atoms with Crippen molar-refractivity contribution >= 4 is 22.9 Å². The first-order valence-electron chi connectivity index (χ1n) is 10.9. The van der Waals surface area contributed by atoms with Gasteiger partial charge in [-0.05, 0) is 28.7 Å². The molecule has 0 aliphatic carbocycles. The lowest BCUT2D eigenvalue weighted by Crippen LogP contribution is -2.21. The number of aromatic nitrogens is 1. The SMILES string of the molecule is C=Cc1ccc(Cn2c(C(=O)O)c(CNC[C@@H](C)c3ccccc3)c3ccccc32)cc1. The topological polar surface area (TPSA) is 54.3 Å². The highest BCUT2D eigenvalue weighted by atomic mass is 16.4. The van der Waals surface area contributed by atoms with E-state index in [2.05, 4.69) is 31.0 Å². The molecule has 0 saturated heterocycles. The molecule has 0 fully saturated rings. The van der Waals surface area contributed by atoms with Crippen molar-refractivity contribution in [2.24, 2.45) is 0 Å². The molecule has 0 radical (unpaired) electrons. The van der Waals surface area contributed by atoms with Crippen LogP contribution in [0.5, 0.6) is 0 Å². The van der Waals surface area contributed by atoms with E-state index >= 15 is 0 Å². The summed E-state index contributed by atoms with van der Waals surface area (Å²) in [6, 6.07) is 26.3. The molecule has 162 valence electrons. The lowest BCUT2D eigenvalue weighted by Gasteiger charge is -2.14. The molecular weight excluding hydrogens is 396 g/mol. The lowest BCUT2D eigenvalue weighted by atomic mass is 10.0. The number of nitrogens with zero attached hydrogens (tertiary/aromatic N) is 1. The van der Waals surface area contributed by atoms with Crippen LogP contribution in [-0.2, 0) is 13.1 Å². The molecule has 0 saturated carbocycles. The average molecular weight is 425 g/mol. The van der Waals surface area contributed by atoms with E-state index in [1.54, 1.807) is 6.08 Å². The van der Waals surface area contributed by atoms with E-state index in [4.69, 9.17) is 0 Å². The van der Waals surface area contributed by atoms with Gasteiger partial charge >= 0.3 is 5.97 Å². The summed E-state index contributed by atoms with van der Waals surface area (Å²) >= 11 is 0. The molecular formula is C28H28N2O2. The largest absolute Gasteiger partial charge is 0.477 e.